The van der Waals surface area contributed by atoms with Crippen molar-refractivity contribution in [2.45, 2.75) is 32.0 Å². The van der Waals surface area contributed by atoms with Crippen LogP contribution in [0.25, 0.3) is 10.9 Å². The molecular weight excluding hydrogens is 482 g/mol. The molecule has 0 atom stereocenters. The van der Waals surface area contributed by atoms with Crippen LogP contribution in [-0.4, -0.2) is 61.4 Å². The Morgan fingerprint density at radius 3 is 2.56 bits per heavy atom. The number of piperidine rings is 1. The van der Waals surface area contributed by atoms with E-state index < -0.39 is 5.97 Å². The van der Waals surface area contributed by atoms with E-state index in [0.29, 0.717) is 31.4 Å². The van der Waals surface area contributed by atoms with Crippen molar-refractivity contribution in [3.05, 3.63) is 70.0 Å². The van der Waals surface area contributed by atoms with Gasteiger partial charge in [-0.15, -0.1) is 12.4 Å². The lowest BCUT2D eigenvalue weighted by atomic mass is 10.0. The number of esters is 1. The van der Waals surface area contributed by atoms with Gasteiger partial charge in [0, 0.05) is 37.1 Å². The largest absolute Gasteiger partial charge is 0.486 e. The summed E-state index contributed by atoms with van der Waals surface area (Å²) >= 11 is 0. The van der Waals surface area contributed by atoms with Crippen molar-refractivity contribution in [2.75, 3.05) is 40.0 Å². The molecule has 3 aromatic rings. The summed E-state index contributed by atoms with van der Waals surface area (Å²) in [5, 5.41) is 4.41. The zero-order chi connectivity index (χ0) is 24.2. The number of fused-ring (bicyclic) bond motifs is 2. The van der Waals surface area contributed by atoms with Gasteiger partial charge in [0.15, 0.2) is 11.5 Å². The molecule has 0 spiro atoms. The van der Waals surface area contributed by atoms with E-state index in [2.05, 4.69) is 22.3 Å². The Bertz CT molecular complexity index is 1270. The lowest BCUT2D eigenvalue weighted by Gasteiger charge is -2.32. The number of carbonyl (C=O) groups excluding carboxylic acids is 1. The van der Waals surface area contributed by atoms with Crippen LogP contribution in [0, 0.1) is 0 Å². The monoisotopic (exact) mass is 513 g/mol. The highest BCUT2D eigenvalue weighted by molar-refractivity contribution is 6.03. The second kappa shape index (κ2) is 11.8. The van der Waals surface area contributed by atoms with Crippen LogP contribution < -0.4 is 20.3 Å². The summed E-state index contributed by atoms with van der Waals surface area (Å²) in [6.45, 7) is 5.33. The van der Waals surface area contributed by atoms with Crippen molar-refractivity contribution in [1.29, 1.82) is 0 Å². The number of ether oxygens (including phenoxy) is 3. The number of para-hydroxylation sites is 1. The molecular formula is C27H32ClN3O5. The van der Waals surface area contributed by atoms with Crippen LogP contribution in [0.2, 0.25) is 0 Å². The fourth-order valence-corrected chi connectivity index (χ4v) is 4.91. The van der Waals surface area contributed by atoms with Crippen molar-refractivity contribution in [2.24, 2.45) is 0 Å². The van der Waals surface area contributed by atoms with Gasteiger partial charge in [0.05, 0.1) is 18.2 Å². The van der Waals surface area contributed by atoms with E-state index in [-0.39, 0.29) is 18.0 Å². The summed E-state index contributed by atoms with van der Waals surface area (Å²) in [6, 6.07) is 15.5. The van der Waals surface area contributed by atoms with Crippen LogP contribution in [-0.2, 0) is 17.8 Å². The second-order valence-corrected chi connectivity index (χ2v) is 9.03. The Morgan fingerprint density at radius 2 is 1.78 bits per heavy atom. The second-order valence-electron chi connectivity index (χ2n) is 9.03. The summed E-state index contributed by atoms with van der Waals surface area (Å²) < 4.78 is 17.9. The number of nitrogens with zero attached hydrogens (tertiary/aromatic N) is 2. The number of hydrogen-bond acceptors (Lipinski definition) is 7. The van der Waals surface area contributed by atoms with E-state index in [1.54, 1.807) is 4.57 Å². The quantitative estimate of drug-likeness (QED) is 0.486. The molecule has 0 unspecified atom stereocenters. The molecule has 2 aliphatic heterocycles. The Hall–Kier alpha value is -3.07. The van der Waals surface area contributed by atoms with Gasteiger partial charge in [0.25, 0.3) is 5.56 Å². The number of aromatic nitrogens is 1. The average Bonchev–Trinajstić information content (AvgIpc) is 2.91. The molecule has 0 saturated carbocycles. The Morgan fingerprint density at radius 1 is 1.03 bits per heavy atom. The summed E-state index contributed by atoms with van der Waals surface area (Å²) in [6.07, 6.45) is 2.11. The topological polar surface area (TPSA) is 82.0 Å². The highest BCUT2D eigenvalue weighted by atomic mass is 35.5. The van der Waals surface area contributed by atoms with Crippen LogP contribution >= 0.6 is 12.4 Å². The van der Waals surface area contributed by atoms with Gasteiger partial charge in [0.2, 0.25) is 0 Å². The molecule has 1 fully saturated rings. The van der Waals surface area contributed by atoms with Gasteiger partial charge in [-0.05, 0) is 49.7 Å². The SMILES string of the molecule is COC(=O)c1cc(=O)n(CCN2CCC(NCc3ccc4c(c3)OCCO4)CC2)c2ccccc12.Cl. The highest BCUT2D eigenvalue weighted by Gasteiger charge is 2.20. The lowest BCUT2D eigenvalue weighted by Crippen LogP contribution is -2.43. The van der Waals surface area contributed by atoms with Crippen molar-refractivity contribution in [3.63, 3.8) is 0 Å². The summed E-state index contributed by atoms with van der Waals surface area (Å²) in [4.78, 5) is 27.4. The first-order chi connectivity index (χ1) is 17.1. The van der Waals surface area contributed by atoms with E-state index in [9.17, 15) is 9.59 Å². The van der Waals surface area contributed by atoms with Gasteiger partial charge in [-0.1, -0.05) is 24.3 Å². The van der Waals surface area contributed by atoms with Gasteiger partial charge in [-0.25, -0.2) is 4.79 Å². The molecule has 8 nitrogen and oxygen atoms in total. The molecule has 9 heteroatoms. The Balaban J connectivity index is 0.00000304. The molecule has 192 valence electrons. The fraction of sp³-hybridized carbons (Fsp3) is 0.407. The van der Waals surface area contributed by atoms with Crippen LogP contribution in [0.5, 0.6) is 11.5 Å². The summed E-state index contributed by atoms with van der Waals surface area (Å²) in [5.74, 6) is 1.16. The number of nitrogens with one attached hydrogen (secondary N) is 1. The molecule has 1 N–H and O–H groups in total. The third kappa shape index (κ3) is 5.67. The molecule has 0 bridgehead atoms. The number of hydrogen-bond donors (Lipinski definition) is 1. The number of carbonyl (C=O) groups is 1. The lowest BCUT2D eigenvalue weighted by molar-refractivity contribution is 0.0602. The zero-order valence-electron chi connectivity index (χ0n) is 20.4. The molecule has 2 aromatic carbocycles. The molecule has 1 saturated heterocycles. The molecule has 0 amide bonds. The van der Waals surface area contributed by atoms with Crippen LogP contribution in [0.1, 0.15) is 28.8 Å². The number of pyridine rings is 1. The third-order valence-corrected chi connectivity index (χ3v) is 6.85. The smallest absolute Gasteiger partial charge is 0.338 e. The molecule has 0 radical (unpaired) electrons. The van der Waals surface area contributed by atoms with Crippen molar-refractivity contribution in [1.82, 2.24) is 14.8 Å². The molecule has 2 aliphatic rings. The van der Waals surface area contributed by atoms with E-state index in [0.717, 1.165) is 61.4 Å². The number of likely N-dealkylation sites (tertiary alicyclic amines) is 1. The predicted molar refractivity (Wildman–Crippen MR) is 141 cm³/mol. The molecule has 5 rings (SSSR count). The van der Waals surface area contributed by atoms with Crippen molar-refractivity contribution in [3.8, 4) is 11.5 Å². The maximum atomic E-state index is 12.8. The van der Waals surface area contributed by atoms with Gasteiger partial charge in [-0.3, -0.25) is 4.79 Å². The van der Waals surface area contributed by atoms with Gasteiger partial charge >= 0.3 is 5.97 Å². The molecule has 0 aliphatic carbocycles. The molecule has 3 heterocycles. The molecule has 1 aromatic heterocycles. The maximum absolute atomic E-state index is 12.8. The van der Waals surface area contributed by atoms with Gasteiger partial charge in [0.1, 0.15) is 13.2 Å². The highest BCUT2D eigenvalue weighted by Crippen LogP contribution is 2.30. The van der Waals surface area contributed by atoms with E-state index in [4.69, 9.17) is 14.2 Å². The third-order valence-electron chi connectivity index (χ3n) is 6.85. The van der Waals surface area contributed by atoms with E-state index in [1.807, 2.05) is 30.3 Å². The van der Waals surface area contributed by atoms with Crippen molar-refractivity contribution >= 4 is 29.3 Å². The maximum Gasteiger partial charge on any atom is 0.338 e. The average molecular weight is 514 g/mol. The number of halogens is 1. The standard InChI is InChI=1S/C27H31N3O5.ClH/c1-33-27(32)22-17-26(31)30(23-5-3-2-4-21(22)23)13-12-29-10-8-20(9-11-29)28-18-19-6-7-24-25(16-19)35-15-14-34-24;/h2-7,16-17,20,28H,8-15,18H2,1H3;1H. The van der Waals surface area contributed by atoms with E-state index in [1.165, 1.54) is 18.7 Å². The van der Waals surface area contributed by atoms with E-state index >= 15 is 0 Å². The van der Waals surface area contributed by atoms with Crippen LogP contribution in [0.4, 0.5) is 0 Å². The van der Waals surface area contributed by atoms with Gasteiger partial charge < -0.3 is 29.0 Å². The summed E-state index contributed by atoms with van der Waals surface area (Å²) in [7, 11) is 1.33. The number of methoxy groups -OCH3 is 1. The fourth-order valence-electron chi connectivity index (χ4n) is 4.91. The Labute approximate surface area is 216 Å². The first-order valence-electron chi connectivity index (χ1n) is 12.2. The minimum atomic E-state index is -0.490. The summed E-state index contributed by atoms with van der Waals surface area (Å²) in [5.41, 5.74) is 2.09. The number of benzene rings is 2. The zero-order valence-corrected chi connectivity index (χ0v) is 21.2. The predicted octanol–water partition coefficient (Wildman–Crippen LogP) is 3.24. The van der Waals surface area contributed by atoms with Crippen LogP contribution in [0.15, 0.2) is 53.3 Å². The normalized spacial score (nSPS) is 15.9. The first kappa shape index (κ1) is 26.0. The minimum Gasteiger partial charge on any atom is -0.486 e. The number of rotatable bonds is 7. The van der Waals surface area contributed by atoms with Crippen molar-refractivity contribution < 1.29 is 19.0 Å². The minimum absolute atomic E-state index is 0. The van der Waals surface area contributed by atoms with Crippen LogP contribution in [0.3, 0.4) is 0 Å². The first-order valence-corrected chi connectivity index (χ1v) is 12.2. The van der Waals surface area contributed by atoms with Gasteiger partial charge in [-0.2, -0.15) is 0 Å². The Kier molecular flexibility index (Phi) is 8.51. The molecule has 36 heavy (non-hydrogen) atoms.